The van der Waals surface area contributed by atoms with E-state index < -0.39 is 29.4 Å². The van der Waals surface area contributed by atoms with E-state index in [2.05, 4.69) is 5.32 Å². The smallest absolute Gasteiger partial charge is 0.312 e. The molecule has 24 heavy (non-hydrogen) atoms. The maximum atomic E-state index is 13.7. The second-order valence-electron chi connectivity index (χ2n) is 5.84. The van der Waals surface area contributed by atoms with Crippen LogP contribution in [0.5, 0.6) is 0 Å². The molecule has 0 aromatic heterocycles. The Morgan fingerprint density at radius 1 is 1.04 bits per heavy atom. The number of carbonyl (C=O) groups is 3. The summed E-state index contributed by atoms with van der Waals surface area (Å²) in [5.74, 6) is -3.57. The number of piperazine rings is 1. The molecule has 130 valence electrons. The van der Waals surface area contributed by atoms with Crippen molar-refractivity contribution in [2.75, 3.05) is 26.2 Å². The van der Waals surface area contributed by atoms with Gasteiger partial charge in [0.15, 0.2) is 0 Å². The van der Waals surface area contributed by atoms with Gasteiger partial charge in [0.05, 0.1) is 5.56 Å². The third-order valence-electron chi connectivity index (χ3n) is 3.63. The van der Waals surface area contributed by atoms with Crippen molar-refractivity contribution >= 4 is 17.7 Å². The standard InChI is InChI=1S/C16H19F2N3O3/c1-10(2)19-14(22)16(24)21-7-5-20(6-8-21)15(23)12-4-3-11(17)9-13(12)18/h3-4,9-10H,5-8H2,1-2H3,(H,19,22). The first-order chi connectivity index (χ1) is 11.3. The summed E-state index contributed by atoms with van der Waals surface area (Å²) in [7, 11) is 0. The van der Waals surface area contributed by atoms with Crippen molar-refractivity contribution in [3.63, 3.8) is 0 Å². The third-order valence-corrected chi connectivity index (χ3v) is 3.63. The predicted molar refractivity (Wildman–Crippen MR) is 82.1 cm³/mol. The van der Waals surface area contributed by atoms with Gasteiger partial charge in [0.25, 0.3) is 5.91 Å². The molecule has 8 heteroatoms. The summed E-state index contributed by atoms with van der Waals surface area (Å²) in [6, 6.07) is 2.63. The Bertz CT molecular complexity index is 656. The third kappa shape index (κ3) is 4.06. The highest BCUT2D eigenvalue weighted by molar-refractivity contribution is 6.35. The summed E-state index contributed by atoms with van der Waals surface area (Å²) in [5.41, 5.74) is -0.214. The molecule has 1 aromatic carbocycles. The molecule has 1 heterocycles. The largest absolute Gasteiger partial charge is 0.346 e. The lowest BCUT2D eigenvalue weighted by molar-refractivity contribution is -0.147. The summed E-state index contributed by atoms with van der Waals surface area (Å²) < 4.78 is 26.6. The molecule has 0 unspecified atom stereocenters. The molecule has 1 fully saturated rings. The molecule has 1 N–H and O–H groups in total. The molecule has 2 rings (SSSR count). The Kier molecular flexibility index (Phi) is 5.48. The summed E-state index contributed by atoms with van der Waals surface area (Å²) in [6.07, 6.45) is 0. The minimum atomic E-state index is -0.921. The van der Waals surface area contributed by atoms with Crippen LogP contribution in [0.1, 0.15) is 24.2 Å². The average molecular weight is 339 g/mol. The van der Waals surface area contributed by atoms with Gasteiger partial charge in [-0.15, -0.1) is 0 Å². The van der Waals surface area contributed by atoms with Gasteiger partial charge in [-0.3, -0.25) is 14.4 Å². The van der Waals surface area contributed by atoms with E-state index in [4.69, 9.17) is 0 Å². The lowest BCUT2D eigenvalue weighted by Crippen LogP contribution is -2.54. The highest BCUT2D eigenvalue weighted by Gasteiger charge is 2.29. The van der Waals surface area contributed by atoms with Crippen LogP contribution in [0, 0.1) is 11.6 Å². The van der Waals surface area contributed by atoms with E-state index in [9.17, 15) is 23.2 Å². The van der Waals surface area contributed by atoms with Crippen molar-refractivity contribution in [3.05, 3.63) is 35.4 Å². The number of benzene rings is 1. The quantitative estimate of drug-likeness (QED) is 0.810. The molecule has 1 aromatic rings. The monoisotopic (exact) mass is 339 g/mol. The van der Waals surface area contributed by atoms with Crippen molar-refractivity contribution in [2.24, 2.45) is 0 Å². The first-order valence-corrected chi connectivity index (χ1v) is 7.63. The summed E-state index contributed by atoms with van der Waals surface area (Å²) in [4.78, 5) is 38.7. The summed E-state index contributed by atoms with van der Waals surface area (Å²) in [5, 5.41) is 2.52. The molecular weight excluding hydrogens is 320 g/mol. The van der Waals surface area contributed by atoms with Gasteiger partial charge in [-0.25, -0.2) is 8.78 Å². The van der Waals surface area contributed by atoms with Crippen molar-refractivity contribution in [1.29, 1.82) is 0 Å². The topological polar surface area (TPSA) is 69.7 Å². The van der Waals surface area contributed by atoms with Crippen LogP contribution in [-0.2, 0) is 9.59 Å². The Morgan fingerprint density at radius 3 is 2.17 bits per heavy atom. The van der Waals surface area contributed by atoms with Crippen LogP contribution in [-0.4, -0.2) is 59.7 Å². The molecule has 1 saturated heterocycles. The number of rotatable bonds is 2. The van der Waals surface area contributed by atoms with E-state index in [0.29, 0.717) is 6.07 Å². The predicted octanol–water partition coefficient (Wildman–Crippen LogP) is 0.774. The van der Waals surface area contributed by atoms with Crippen molar-refractivity contribution in [2.45, 2.75) is 19.9 Å². The molecule has 6 nitrogen and oxygen atoms in total. The van der Waals surface area contributed by atoms with E-state index in [0.717, 1.165) is 12.1 Å². The van der Waals surface area contributed by atoms with Crippen molar-refractivity contribution in [3.8, 4) is 0 Å². The van der Waals surface area contributed by atoms with Crippen molar-refractivity contribution < 1.29 is 23.2 Å². The number of carbonyl (C=O) groups excluding carboxylic acids is 3. The first kappa shape index (κ1) is 17.8. The molecule has 1 aliphatic rings. The van der Waals surface area contributed by atoms with Crippen LogP contribution >= 0.6 is 0 Å². The molecule has 0 spiro atoms. The highest BCUT2D eigenvalue weighted by atomic mass is 19.1. The van der Waals surface area contributed by atoms with Crippen LogP contribution < -0.4 is 5.32 Å². The average Bonchev–Trinajstić information content (AvgIpc) is 2.53. The van der Waals surface area contributed by atoms with E-state index >= 15 is 0 Å². The van der Waals surface area contributed by atoms with Crippen LogP contribution in [0.25, 0.3) is 0 Å². The van der Waals surface area contributed by atoms with Gasteiger partial charge in [0.1, 0.15) is 11.6 Å². The van der Waals surface area contributed by atoms with Gasteiger partial charge >= 0.3 is 11.8 Å². The fraction of sp³-hybridized carbons (Fsp3) is 0.438. The maximum absolute atomic E-state index is 13.7. The van der Waals surface area contributed by atoms with Gasteiger partial charge in [-0.05, 0) is 26.0 Å². The van der Waals surface area contributed by atoms with E-state index in [1.54, 1.807) is 13.8 Å². The Morgan fingerprint density at radius 2 is 1.62 bits per heavy atom. The fourth-order valence-electron chi connectivity index (χ4n) is 2.41. The number of hydrogen-bond donors (Lipinski definition) is 1. The minimum absolute atomic E-state index is 0.147. The van der Waals surface area contributed by atoms with E-state index in [-0.39, 0.29) is 37.8 Å². The van der Waals surface area contributed by atoms with Crippen LogP contribution in [0.2, 0.25) is 0 Å². The zero-order chi connectivity index (χ0) is 17.9. The van der Waals surface area contributed by atoms with Gasteiger partial charge < -0.3 is 15.1 Å². The highest BCUT2D eigenvalue weighted by Crippen LogP contribution is 2.14. The number of hydrogen-bond acceptors (Lipinski definition) is 3. The Hall–Kier alpha value is -2.51. The molecular formula is C16H19F2N3O3. The summed E-state index contributed by atoms with van der Waals surface area (Å²) in [6.45, 7) is 4.21. The maximum Gasteiger partial charge on any atom is 0.312 e. The lowest BCUT2D eigenvalue weighted by Gasteiger charge is -2.34. The SMILES string of the molecule is CC(C)NC(=O)C(=O)N1CCN(C(=O)c2ccc(F)cc2F)CC1. The molecule has 0 radical (unpaired) electrons. The minimum Gasteiger partial charge on any atom is -0.346 e. The van der Waals surface area contributed by atoms with Gasteiger partial charge in [0, 0.05) is 38.3 Å². The van der Waals surface area contributed by atoms with Gasteiger partial charge in [-0.1, -0.05) is 0 Å². The number of nitrogens with one attached hydrogen (secondary N) is 1. The van der Waals surface area contributed by atoms with Gasteiger partial charge in [0.2, 0.25) is 0 Å². The number of halogens is 2. The van der Waals surface area contributed by atoms with Crippen LogP contribution in [0.15, 0.2) is 18.2 Å². The second-order valence-corrected chi connectivity index (χ2v) is 5.84. The molecule has 0 bridgehead atoms. The van der Waals surface area contributed by atoms with Crippen molar-refractivity contribution in [1.82, 2.24) is 15.1 Å². The first-order valence-electron chi connectivity index (χ1n) is 7.63. The zero-order valence-corrected chi connectivity index (χ0v) is 13.5. The molecule has 3 amide bonds. The molecule has 0 atom stereocenters. The normalized spacial score (nSPS) is 14.7. The summed E-state index contributed by atoms with van der Waals surface area (Å²) >= 11 is 0. The molecule has 0 aliphatic carbocycles. The molecule has 1 aliphatic heterocycles. The zero-order valence-electron chi connectivity index (χ0n) is 13.5. The lowest BCUT2D eigenvalue weighted by atomic mass is 10.1. The van der Waals surface area contributed by atoms with Crippen LogP contribution in [0.3, 0.4) is 0 Å². The van der Waals surface area contributed by atoms with E-state index in [1.165, 1.54) is 9.80 Å². The van der Waals surface area contributed by atoms with Crippen LogP contribution in [0.4, 0.5) is 8.78 Å². The number of amides is 3. The Labute approximate surface area is 138 Å². The van der Waals surface area contributed by atoms with Gasteiger partial charge in [-0.2, -0.15) is 0 Å². The Balaban J connectivity index is 1.96. The second kappa shape index (κ2) is 7.37. The fourth-order valence-corrected chi connectivity index (χ4v) is 2.41. The number of nitrogens with zero attached hydrogens (tertiary/aromatic N) is 2. The van der Waals surface area contributed by atoms with E-state index in [1.807, 2.05) is 0 Å². The molecule has 0 saturated carbocycles.